The van der Waals surface area contributed by atoms with Crippen LogP contribution in [0.3, 0.4) is 0 Å². The third kappa shape index (κ3) is 3.94. The molecule has 1 atom stereocenters. The third-order valence-corrected chi connectivity index (χ3v) is 4.85. The zero-order valence-corrected chi connectivity index (χ0v) is 13.9. The van der Waals surface area contributed by atoms with E-state index in [1.54, 1.807) is 27.8 Å². The molecule has 0 saturated heterocycles. The van der Waals surface area contributed by atoms with Gasteiger partial charge < -0.3 is 9.64 Å². The van der Waals surface area contributed by atoms with Crippen molar-refractivity contribution in [2.75, 3.05) is 7.05 Å². The number of likely N-dealkylation sites (N-methyl/N-ethyl adjacent to an activating group) is 1. The predicted molar refractivity (Wildman–Crippen MR) is 79.1 cm³/mol. The maximum Gasteiger partial charge on any atom is 0.425 e. The highest BCUT2D eigenvalue weighted by molar-refractivity contribution is 7.12. The molecule has 0 N–H and O–H groups in total. The normalized spacial score (nSPS) is 18.8. The molecule has 0 spiro atoms. The van der Waals surface area contributed by atoms with Crippen LogP contribution >= 0.6 is 11.3 Å². The van der Waals surface area contributed by atoms with E-state index in [1.165, 1.54) is 11.0 Å². The Bertz CT molecular complexity index is 560. The molecule has 1 heterocycles. The van der Waals surface area contributed by atoms with Crippen molar-refractivity contribution in [2.24, 2.45) is 0 Å². The maximum absolute atomic E-state index is 12.8. The second-order valence-corrected chi connectivity index (χ2v) is 7.68. The highest BCUT2D eigenvalue weighted by Crippen LogP contribution is 2.39. The first-order valence-corrected chi connectivity index (χ1v) is 7.93. The summed E-state index contributed by atoms with van der Waals surface area (Å²) in [6, 6.07) is 1.09. The van der Waals surface area contributed by atoms with E-state index in [2.05, 4.69) is 0 Å². The molecule has 124 valence electrons. The quantitative estimate of drug-likeness (QED) is 0.757. The minimum atomic E-state index is -4.30. The summed E-state index contributed by atoms with van der Waals surface area (Å²) in [6.07, 6.45) is -3.08. The number of alkyl halides is 3. The monoisotopic (exact) mass is 335 g/mol. The van der Waals surface area contributed by atoms with Gasteiger partial charge in [-0.3, -0.25) is 0 Å². The molecule has 1 aromatic heterocycles. The molecular weight excluding hydrogens is 315 g/mol. The summed E-state index contributed by atoms with van der Waals surface area (Å²) in [5.74, 6) is 0. The van der Waals surface area contributed by atoms with E-state index in [-0.39, 0.29) is 6.04 Å². The SMILES string of the molecule is CN(C(=O)OC(C)(C)C)C1CCc2sc(C(F)(F)F)cc2C1. The van der Waals surface area contributed by atoms with E-state index in [9.17, 15) is 18.0 Å². The molecule has 3 nitrogen and oxygen atoms in total. The van der Waals surface area contributed by atoms with Crippen LogP contribution in [0, 0.1) is 0 Å². The lowest BCUT2D eigenvalue weighted by atomic mass is 9.93. The maximum atomic E-state index is 12.8. The van der Waals surface area contributed by atoms with Gasteiger partial charge in [-0.15, -0.1) is 11.3 Å². The summed E-state index contributed by atoms with van der Waals surface area (Å²) >= 11 is 0.815. The summed E-state index contributed by atoms with van der Waals surface area (Å²) in [5.41, 5.74) is 0.112. The number of amides is 1. The van der Waals surface area contributed by atoms with Crippen LogP contribution in [-0.4, -0.2) is 29.7 Å². The van der Waals surface area contributed by atoms with Crippen LogP contribution in [0.5, 0.6) is 0 Å². The average molecular weight is 335 g/mol. The Hall–Kier alpha value is -1.24. The van der Waals surface area contributed by atoms with Crippen molar-refractivity contribution in [3.63, 3.8) is 0 Å². The molecule has 7 heteroatoms. The number of halogens is 3. The largest absolute Gasteiger partial charge is 0.444 e. The molecule has 1 amide bonds. The van der Waals surface area contributed by atoms with Crippen molar-refractivity contribution in [1.29, 1.82) is 0 Å². The number of aryl methyl sites for hydroxylation is 1. The molecule has 1 aliphatic carbocycles. The van der Waals surface area contributed by atoms with Gasteiger partial charge in [-0.25, -0.2) is 4.79 Å². The number of carbonyl (C=O) groups is 1. The van der Waals surface area contributed by atoms with Crippen LogP contribution in [0.25, 0.3) is 0 Å². The van der Waals surface area contributed by atoms with Gasteiger partial charge in [0.05, 0.1) is 0 Å². The fourth-order valence-electron chi connectivity index (χ4n) is 2.46. The summed E-state index contributed by atoms with van der Waals surface area (Å²) in [7, 11) is 1.64. The van der Waals surface area contributed by atoms with Crippen LogP contribution in [0.1, 0.15) is 42.5 Å². The lowest BCUT2D eigenvalue weighted by Crippen LogP contribution is -2.43. The number of hydrogen-bond donors (Lipinski definition) is 0. The molecule has 0 radical (unpaired) electrons. The second kappa shape index (κ2) is 5.76. The van der Waals surface area contributed by atoms with Gasteiger partial charge in [0.25, 0.3) is 0 Å². The number of thiophene rings is 1. The first-order chi connectivity index (χ1) is 9.97. The minimum Gasteiger partial charge on any atom is -0.444 e. The Labute approximate surface area is 132 Å². The highest BCUT2D eigenvalue weighted by Gasteiger charge is 2.36. The summed E-state index contributed by atoms with van der Waals surface area (Å²) < 4.78 is 43.6. The fourth-order valence-corrected chi connectivity index (χ4v) is 3.53. The van der Waals surface area contributed by atoms with Crippen LogP contribution in [0.15, 0.2) is 6.07 Å². The van der Waals surface area contributed by atoms with Crippen molar-refractivity contribution >= 4 is 17.4 Å². The van der Waals surface area contributed by atoms with E-state index < -0.39 is 22.7 Å². The Morgan fingerprint density at radius 3 is 2.55 bits per heavy atom. The number of nitrogens with zero attached hydrogens (tertiary/aromatic N) is 1. The Morgan fingerprint density at radius 2 is 2.00 bits per heavy atom. The zero-order valence-electron chi connectivity index (χ0n) is 13.1. The van der Waals surface area contributed by atoms with E-state index in [0.29, 0.717) is 24.8 Å². The predicted octanol–water partition coefficient (Wildman–Crippen LogP) is 4.49. The molecule has 0 aromatic carbocycles. The molecule has 1 unspecified atom stereocenters. The van der Waals surface area contributed by atoms with Gasteiger partial charge in [0.1, 0.15) is 10.5 Å². The molecule has 2 rings (SSSR count). The zero-order chi connectivity index (χ0) is 16.7. The lowest BCUT2D eigenvalue weighted by molar-refractivity contribution is -0.134. The lowest BCUT2D eigenvalue weighted by Gasteiger charge is -2.32. The van der Waals surface area contributed by atoms with Gasteiger partial charge in [-0.05, 0) is 51.7 Å². The first-order valence-electron chi connectivity index (χ1n) is 7.12. The van der Waals surface area contributed by atoms with Gasteiger partial charge in [0.2, 0.25) is 0 Å². The number of carbonyl (C=O) groups excluding carboxylic acids is 1. The fraction of sp³-hybridized carbons (Fsp3) is 0.667. The average Bonchev–Trinajstić information content (AvgIpc) is 2.78. The van der Waals surface area contributed by atoms with Gasteiger partial charge in [0.15, 0.2) is 0 Å². The van der Waals surface area contributed by atoms with Gasteiger partial charge in [0, 0.05) is 18.0 Å². The number of rotatable bonds is 1. The molecule has 1 aliphatic rings. The van der Waals surface area contributed by atoms with E-state index in [0.717, 1.165) is 16.2 Å². The van der Waals surface area contributed by atoms with E-state index in [4.69, 9.17) is 4.74 Å². The molecule has 0 bridgehead atoms. The van der Waals surface area contributed by atoms with Gasteiger partial charge in [-0.1, -0.05) is 0 Å². The van der Waals surface area contributed by atoms with Crippen LogP contribution in [0.4, 0.5) is 18.0 Å². The number of ether oxygens (including phenoxy) is 1. The highest BCUT2D eigenvalue weighted by atomic mass is 32.1. The topological polar surface area (TPSA) is 29.5 Å². The molecule has 1 aromatic rings. The summed E-state index contributed by atoms with van der Waals surface area (Å²) in [5, 5.41) is 0. The number of fused-ring (bicyclic) bond motifs is 1. The van der Waals surface area contributed by atoms with E-state index >= 15 is 0 Å². The minimum absolute atomic E-state index is 0.127. The van der Waals surface area contributed by atoms with Crippen molar-refractivity contribution in [3.05, 3.63) is 21.4 Å². The van der Waals surface area contributed by atoms with Crippen molar-refractivity contribution in [2.45, 2.75) is 57.9 Å². The third-order valence-electron chi connectivity index (χ3n) is 3.57. The Morgan fingerprint density at radius 1 is 1.36 bits per heavy atom. The van der Waals surface area contributed by atoms with Crippen molar-refractivity contribution in [3.8, 4) is 0 Å². The van der Waals surface area contributed by atoms with Crippen LogP contribution < -0.4 is 0 Å². The standard InChI is InChI=1S/C15H20F3NO2S/c1-14(2,3)21-13(20)19(4)10-5-6-11-9(7-10)8-12(22-11)15(16,17)18/h8,10H,5-7H2,1-4H3. The molecule has 0 fully saturated rings. The van der Waals surface area contributed by atoms with Crippen LogP contribution in [0.2, 0.25) is 0 Å². The molecule has 0 saturated carbocycles. The summed E-state index contributed by atoms with van der Waals surface area (Å²) in [4.78, 5) is 13.8. The first kappa shape index (κ1) is 17.1. The molecule has 0 aliphatic heterocycles. The van der Waals surface area contributed by atoms with E-state index in [1.807, 2.05) is 0 Å². The van der Waals surface area contributed by atoms with Crippen molar-refractivity contribution < 1.29 is 22.7 Å². The molecule has 22 heavy (non-hydrogen) atoms. The summed E-state index contributed by atoms with van der Waals surface area (Å²) in [6.45, 7) is 5.35. The second-order valence-electron chi connectivity index (χ2n) is 6.54. The van der Waals surface area contributed by atoms with Crippen LogP contribution in [-0.2, 0) is 23.8 Å². The molecular formula is C15H20F3NO2S. The van der Waals surface area contributed by atoms with Gasteiger partial charge in [-0.2, -0.15) is 13.2 Å². The Kier molecular flexibility index (Phi) is 4.48. The number of hydrogen-bond acceptors (Lipinski definition) is 3. The Balaban J connectivity index is 2.08. The van der Waals surface area contributed by atoms with Gasteiger partial charge >= 0.3 is 12.3 Å². The smallest absolute Gasteiger partial charge is 0.425 e. The van der Waals surface area contributed by atoms with Crippen molar-refractivity contribution in [1.82, 2.24) is 4.90 Å².